The van der Waals surface area contributed by atoms with E-state index in [0.717, 1.165) is 51.4 Å². The highest BCUT2D eigenvalue weighted by atomic mass is 16.3. The maximum absolute atomic E-state index is 11.1. The van der Waals surface area contributed by atoms with Crippen LogP contribution < -0.4 is 0 Å². The third-order valence-electron chi connectivity index (χ3n) is 10.1. The molecule has 0 radical (unpaired) electrons. The lowest BCUT2D eigenvalue weighted by atomic mass is 9.47. The molecule has 0 amide bonds. The summed E-state index contributed by atoms with van der Waals surface area (Å²) in [4.78, 5) is 0. The van der Waals surface area contributed by atoms with Crippen LogP contribution in [0.1, 0.15) is 108 Å². The number of hydrogen-bond acceptors (Lipinski definition) is 2. The van der Waals surface area contributed by atoms with Crippen molar-refractivity contribution in [3.8, 4) is 0 Å². The van der Waals surface area contributed by atoms with Crippen molar-refractivity contribution in [3.05, 3.63) is 11.6 Å². The first-order chi connectivity index (χ1) is 16.5. The van der Waals surface area contributed by atoms with Gasteiger partial charge in [0.25, 0.3) is 0 Å². The average molecular weight is 410 g/mol. The van der Waals surface area contributed by atoms with Crippen LogP contribution in [0.4, 0.5) is 0 Å². The lowest BCUT2D eigenvalue weighted by molar-refractivity contribution is -0.0681. The number of aliphatic hydroxyl groups is 2. The summed E-state index contributed by atoms with van der Waals surface area (Å²) in [6, 6.07) is 0. The van der Waals surface area contributed by atoms with Gasteiger partial charge in [-0.2, -0.15) is 0 Å². The van der Waals surface area contributed by atoms with Crippen molar-refractivity contribution < 1.29 is 19.8 Å². The SMILES string of the molecule is [2H]C([2H])([2H])C([2H])(CC[C@H](O)[C@@H](C)[C@H]1CC[C@H]2[C@@H]3CC=C4C[C@@H](O)CC[C@]4(C)[C@H]3CC[C@]12C)C([2H])([2H])[2H]. The van der Waals surface area contributed by atoms with Gasteiger partial charge in [-0.1, -0.05) is 46.1 Å². The molecule has 2 heteroatoms. The molecule has 0 spiro atoms. The van der Waals surface area contributed by atoms with Gasteiger partial charge in [-0.25, -0.2) is 0 Å². The molecule has 0 heterocycles. The van der Waals surface area contributed by atoms with Gasteiger partial charge < -0.3 is 10.2 Å². The molecule has 2 N–H and O–H groups in total. The first-order valence-electron chi connectivity index (χ1n) is 15.5. The minimum Gasteiger partial charge on any atom is -0.393 e. The minimum absolute atomic E-state index is 0.0112. The van der Waals surface area contributed by atoms with E-state index in [9.17, 15) is 10.2 Å². The zero-order chi connectivity index (χ0) is 26.9. The molecule has 0 aromatic carbocycles. The maximum Gasteiger partial charge on any atom is 0.0577 e. The third kappa shape index (κ3) is 3.65. The van der Waals surface area contributed by atoms with E-state index < -0.39 is 25.7 Å². The van der Waals surface area contributed by atoms with Crippen LogP contribution in [0.15, 0.2) is 11.6 Å². The summed E-state index contributed by atoms with van der Waals surface area (Å²) in [7, 11) is 0. The van der Waals surface area contributed by atoms with Gasteiger partial charge in [0.15, 0.2) is 0 Å². The van der Waals surface area contributed by atoms with Crippen molar-refractivity contribution >= 4 is 0 Å². The predicted molar refractivity (Wildman–Crippen MR) is 120 cm³/mol. The van der Waals surface area contributed by atoms with Crippen LogP contribution in [-0.4, -0.2) is 22.4 Å². The molecule has 4 rings (SSSR count). The second kappa shape index (κ2) is 7.97. The molecule has 4 aliphatic carbocycles. The summed E-state index contributed by atoms with van der Waals surface area (Å²) in [6.45, 7) is 0.964. The van der Waals surface area contributed by atoms with E-state index in [0.29, 0.717) is 23.7 Å². The van der Waals surface area contributed by atoms with E-state index in [4.69, 9.17) is 9.60 Å². The Hall–Kier alpha value is -0.340. The molecule has 166 valence electrons. The van der Waals surface area contributed by atoms with Crippen LogP contribution in [0.2, 0.25) is 0 Å². The Balaban J connectivity index is 1.48. The zero-order valence-electron chi connectivity index (χ0n) is 25.6. The number of aliphatic hydroxyl groups excluding tert-OH is 2. The Morgan fingerprint density at radius 1 is 1.14 bits per heavy atom. The molecule has 0 saturated heterocycles. The van der Waals surface area contributed by atoms with E-state index in [2.05, 4.69) is 19.9 Å². The van der Waals surface area contributed by atoms with Gasteiger partial charge in [-0.3, -0.25) is 0 Å². The van der Waals surface area contributed by atoms with Crippen LogP contribution in [0, 0.1) is 46.3 Å². The van der Waals surface area contributed by atoms with E-state index in [1.165, 1.54) is 5.57 Å². The average Bonchev–Trinajstić information content (AvgIpc) is 3.12. The topological polar surface area (TPSA) is 40.5 Å². The van der Waals surface area contributed by atoms with Crippen molar-refractivity contribution in [3.63, 3.8) is 0 Å². The van der Waals surface area contributed by atoms with Gasteiger partial charge in [0.1, 0.15) is 0 Å². The molecule has 29 heavy (non-hydrogen) atoms. The number of fused-ring (bicyclic) bond motifs is 5. The second-order valence-corrected chi connectivity index (χ2v) is 11.3. The summed E-state index contributed by atoms with van der Waals surface area (Å²) in [5, 5.41) is 21.4. The molecule has 0 unspecified atom stereocenters. The van der Waals surface area contributed by atoms with Crippen LogP contribution >= 0.6 is 0 Å². The molecule has 0 aliphatic heterocycles. The van der Waals surface area contributed by atoms with E-state index in [-0.39, 0.29) is 35.7 Å². The zero-order valence-corrected chi connectivity index (χ0v) is 18.6. The summed E-state index contributed by atoms with van der Waals surface area (Å²) < 4.78 is 54.4. The number of hydrogen-bond donors (Lipinski definition) is 2. The highest BCUT2D eigenvalue weighted by molar-refractivity contribution is 5.25. The smallest absolute Gasteiger partial charge is 0.0577 e. The standard InChI is InChI=1S/C27H46O2/c1-17(2)6-11-25(29)18(3)22-9-10-23-21-8-7-19-16-20(28)12-14-26(19,4)24(21)13-15-27(22,23)5/h7,17-18,20-25,28-29H,6,8-16H2,1-5H3/t18-,20-,21-,22+,23-,24-,25-,26-,27+/m0/s1/i1D3,2D3,17D. The first kappa shape index (κ1) is 14.7. The van der Waals surface area contributed by atoms with Gasteiger partial charge in [0, 0.05) is 9.60 Å². The fourth-order valence-corrected chi connectivity index (χ4v) is 8.37. The minimum atomic E-state index is -2.94. The molecule has 3 saturated carbocycles. The number of allylic oxidation sites excluding steroid dienone is 1. The molecule has 2 nitrogen and oxygen atoms in total. The summed E-state index contributed by atoms with van der Waals surface area (Å²) >= 11 is 0. The van der Waals surface area contributed by atoms with Crippen LogP contribution in [0.3, 0.4) is 0 Å². The van der Waals surface area contributed by atoms with E-state index in [1.54, 1.807) is 0 Å². The van der Waals surface area contributed by atoms with Gasteiger partial charge in [-0.05, 0) is 111 Å². The van der Waals surface area contributed by atoms with Crippen LogP contribution in [0.5, 0.6) is 0 Å². The summed E-state index contributed by atoms with van der Waals surface area (Å²) in [5.74, 6) is -0.513. The van der Waals surface area contributed by atoms with Crippen molar-refractivity contribution in [2.75, 3.05) is 0 Å². The van der Waals surface area contributed by atoms with Crippen molar-refractivity contribution in [2.24, 2.45) is 46.3 Å². The molecule has 0 bridgehead atoms. The highest BCUT2D eigenvalue weighted by Crippen LogP contribution is 2.67. The molecule has 9 atom stereocenters. The predicted octanol–water partition coefficient (Wildman–Crippen LogP) is 6.36. The highest BCUT2D eigenvalue weighted by Gasteiger charge is 2.59. The third-order valence-corrected chi connectivity index (χ3v) is 10.1. The first-order valence-corrected chi connectivity index (χ1v) is 12.0. The van der Waals surface area contributed by atoms with Crippen LogP contribution in [-0.2, 0) is 0 Å². The van der Waals surface area contributed by atoms with Crippen molar-refractivity contribution in [1.82, 2.24) is 0 Å². The van der Waals surface area contributed by atoms with Gasteiger partial charge in [0.2, 0.25) is 0 Å². The normalized spacial score (nSPS) is 51.3. The Kier molecular flexibility index (Phi) is 4.03. The fourth-order valence-electron chi connectivity index (χ4n) is 8.37. The summed E-state index contributed by atoms with van der Waals surface area (Å²) in [6.07, 6.45) is 9.30. The lowest BCUT2D eigenvalue weighted by Gasteiger charge is -2.58. The number of rotatable bonds is 5. The molecule has 0 aromatic rings. The van der Waals surface area contributed by atoms with Crippen molar-refractivity contribution in [2.45, 2.75) is 111 Å². The van der Waals surface area contributed by atoms with Gasteiger partial charge in [0.05, 0.1) is 12.2 Å². The second-order valence-electron chi connectivity index (χ2n) is 11.3. The molecular weight excluding hydrogens is 356 g/mol. The molecular formula is C27H46O2. The Bertz CT molecular complexity index is 838. The molecule has 4 aliphatic rings. The van der Waals surface area contributed by atoms with Crippen LogP contribution in [0.25, 0.3) is 0 Å². The largest absolute Gasteiger partial charge is 0.393 e. The lowest BCUT2D eigenvalue weighted by Crippen LogP contribution is -2.51. The molecule has 0 aromatic heterocycles. The quantitative estimate of drug-likeness (QED) is 0.519. The van der Waals surface area contributed by atoms with E-state index >= 15 is 0 Å². The Morgan fingerprint density at radius 3 is 2.69 bits per heavy atom. The monoisotopic (exact) mass is 409 g/mol. The fraction of sp³-hybridized carbons (Fsp3) is 0.926. The summed E-state index contributed by atoms with van der Waals surface area (Å²) in [5.41, 5.74) is 1.75. The maximum atomic E-state index is 11.1. The van der Waals surface area contributed by atoms with Gasteiger partial charge >= 0.3 is 0 Å². The van der Waals surface area contributed by atoms with E-state index in [1.807, 2.05) is 6.92 Å². The Labute approximate surface area is 189 Å². The van der Waals surface area contributed by atoms with Crippen molar-refractivity contribution in [1.29, 1.82) is 0 Å². The van der Waals surface area contributed by atoms with Gasteiger partial charge in [-0.15, -0.1) is 0 Å². The Morgan fingerprint density at radius 2 is 1.93 bits per heavy atom. The molecule has 3 fully saturated rings.